The highest BCUT2D eigenvalue weighted by Gasteiger charge is 2.06. The van der Waals surface area contributed by atoms with Gasteiger partial charge in [0.2, 0.25) is 0 Å². The standard InChI is InChI=1S/C16H20N4/c1-2-12-4-3-5-14-13(10-20-16(12)14)6-7-17-11-15-18-8-9-19-15/h3-5,8-10,17,20H,2,6-7,11H2,1H3,(H,18,19). The summed E-state index contributed by atoms with van der Waals surface area (Å²) in [6.07, 6.45) is 7.85. The van der Waals surface area contributed by atoms with Crippen LogP contribution in [0, 0.1) is 0 Å². The predicted molar refractivity (Wildman–Crippen MR) is 81.7 cm³/mol. The van der Waals surface area contributed by atoms with Crippen LogP contribution in [-0.2, 0) is 19.4 Å². The molecule has 4 heteroatoms. The number of nitrogens with zero attached hydrogens (tertiary/aromatic N) is 1. The van der Waals surface area contributed by atoms with Gasteiger partial charge in [0.05, 0.1) is 6.54 Å². The van der Waals surface area contributed by atoms with Crippen LogP contribution < -0.4 is 5.32 Å². The minimum atomic E-state index is 0.787. The van der Waals surface area contributed by atoms with Crippen LogP contribution in [-0.4, -0.2) is 21.5 Å². The molecule has 0 unspecified atom stereocenters. The van der Waals surface area contributed by atoms with E-state index in [9.17, 15) is 0 Å². The lowest BCUT2D eigenvalue weighted by Gasteiger charge is -2.03. The highest BCUT2D eigenvalue weighted by Crippen LogP contribution is 2.22. The predicted octanol–water partition coefficient (Wildman–Crippen LogP) is 2.79. The first-order chi connectivity index (χ1) is 9.88. The monoisotopic (exact) mass is 268 g/mol. The molecule has 3 rings (SSSR count). The van der Waals surface area contributed by atoms with Crippen molar-refractivity contribution >= 4 is 10.9 Å². The van der Waals surface area contributed by atoms with Gasteiger partial charge < -0.3 is 15.3 Å². The van der Waals surface area contributed by atoms with E-state index in [0.29, 0.717) is 0 Å². The summed E-state index contributed by atoms with van der Waals surface area (Å²) in [5.74, 6) is 0.984. The van der Waals surface area contributed by atoms with E-state index in [1.165, 1.54) is 22.0 Å². The zero-order valence-electron chi connectivity index (χ0n) is 11.7. The van der Waals surface area contributed by atoms with E-state index in [-0.39, 0.29) is 0 Å². The Bertz CT molecular complexity index is 667. The molecule has 2 heterocycles. The second-order valence-corrected chi connectivity index (χ2v) is 4.97. The van der Waals surface area contributed by atoms with Gasteiger partial charge in [0.25, 0.3) is 0 Å². The number of benzene rings is 1. The van der Waals surface area contributed by atoms with E-state index in [4.69, 9.17) is 0 Å². The summed E-state index contributed by atoms with van der Waals surface area (Å²) in [5, 5.41) is 4.76. The van der Waals surface area contributed by atoms with Gasteiger partial charge in [-0.05, 0) is 30.5 Å². The summed E-state index contributed by atoms with van der Waals surface area (Å²) >= 11 is 0. The van der Waals surface area contributed by atoms with Crippen LogP contribution in [0.1, 0.15) is 23.9 Å². The number of aromatic amines is 2. The van der Waals surface area contributed by atoms with E-state index < -0.39 is 0 Å². The number of aryl methyl sites for hydroxylation is 1. The molecule has 0 radical (unpaired) electrons. The molecule has 0 bridgehead atoms. The summed E-state index contributed by atoms with van der Waals surface area (Å²) in [5.41, 5.74) is 4.05. The maximum Gasteiger partial charge on any atom is 0.120 e. The van der Waals surface area contributed by atoms with Gasteiger partial charge in [0, 0.05) is 29.5 Å². The Morgan fingerprint density at radius 1 is 1.20 bits per heavy atom. The van der Waals surface area contributed by atoms with E-state index >= 15 is 0 Å². The van der Waals surface area contributed by atoms with Gasteiger partial charge in [-0.15, -0.1) is 0 Å². The summed E-state index contributed by atoms with van der Waals surface area (Å²) in [4.78, 5) is 10.7. The van der Waals surface area contributed by atoms with Crippen molar-refractivity contribution < 1.29 is 0 Å². The third kappa shape index (κ3) is 2.60. The van der Waals surface area contributed by atoms with Crippen LogP contribution in [0.2, 0.25) is 0 Å². The van der Waals surface area contributed by atoms with Crippen molar-refractivity contribution in [3.8, 4) is 0 Å². The number of hydrogen-bond donors (Lipinski definition) is 3. The Morgan fingerprint density at radius 2 is 2.15 bits per heavy atom. The molecule has 0 fully saturated rings. The Hall–Kier alpha value is -2.07. The van der Waals surface area contributed by atoms with E-state index in [0.717, 1.165) is 31.8 Å². The number of para-hydroxylation sites is 1. The van der Waals surface area contributed by atoms with E-state index in [1.54, 1.807) is 6.20 Å². The number of nitrogens with one attached hydrogen (secondary N) is 3. The van der Waals surface area contributed by atoms with Gasteiger partial charge >= 0.3 is 0 Å². The minimum absolute atomic E-state index is 0.787. The second kappa shape index (κ2) is 5.92. The van der Waals surface area contributed by atoms with Gasteiger partial charge in [-0.3, -0.25) is 0 Å². The highest BCUT2D eigenvalue weighted by atomic mass is 15.0. The van der Waals surface area contributed by atoms with Gasteiger partial charge in [-0.25, -0.2) is 4.98 Å². The lowest BCUT2D eigenvalue weighted by molar-refractivity contribution is 0.666. The van der Waals surface area contributed by atoms with Crippen LogP contribution in [0.15, 0.2) is 36.8 Å². The van der Waals surface area contributed by atoms with Crippen molar-refractivity contribution in [2.75, 3.05) is 6.54 Å². The molecule has 0 amide bonds. The first-order valence-corrected chi connectivity index (χ1v) is 7.15. The van der Waals surface area contributed by atoms with Gasteiger partial charge in [-0.2, -0.15) is 0 Å². The third-order valence-electron chi connectivity index (χ3n) is 3.69. The molecule has 0 spiro atoms. The third-order valence-corrected chi connectivity index (χ3v) is 3.69. The molecule has 0 saturated carbocycles. The van der Waals surface area contributed by atoms with Gasteiger partial charge in [-0.1, -0.05) is 25.1 Å². The maximum absolute atomic E-state index is 4.20. The number of aromatic nitrogens is 3. The molecule has 3 aromatic rings. The quantitative estimate of drug-likeness (QED) is 0.602. The van der Waals surface area contributed by atoms with E-state index in [2.05, 4.69) is 51.6 Å². The number of imidazole rings is 1. The summed E-state index contributed by atoms with van der Waals surface area (Å²) in [6, 6.07) is 6.54. The largest absolute Gasteiger partial charge is 0.361 e. The summed E-state index contributed by atoms with van der Waals surface area (Å²) in [6.45, 7) is 3.93. The van der Waals surface area contributed by atoms with Crippen LogP contribution in [0.25, 0.3) is 10.9 Å². The van der Waals surface area contributed by atoms with Crippen molar-refractivity contribution in [3.63, 3.8) is 0 Å². The van der Waals surface area contributed by atoms with Gasteiger partial charge in [0.1, 0.15) is 5.82 Å². The zero-order valence-corrected chi connectivity index (χ0v) is 11.7. The lowest BCUT2D eigenvalue weighted by atomic mass is 10.1. The first-order valence-electron chi connectivity index (χ1n) is 7.15. The zero-order chi connectivity index (χ0) is 13.8. The first kappa shape index (κ1) is 12.9. The molecular weight excluding hydrogens is 248 g/mol. The molecule has 0 aliphatic carbocycles. The van der Waals surface area contributed by atoms with Crippen LogP contribution in [0.4, 0.5) is 0 Å². The average molecular weight is 268 g/mol. The smallest absolute Gasteiger partial charge is 0.120 e. The fraction of sp³-hybridized carbons (Fsp3) is 0.312. The number of H-pyrrole nitrogens is 2. The van der Waals surface area contributed by atoms with Crippen molar-refractivity contribution in [2.24, 2.45) is 0 Å². The normalized spacial score (nSPS) is 11.2. The number of fused-ring (bicyclic) bond motifs is 1. The molecule has 2 aromatic heterocycles. The van der Waals surface area contributed by atoms with Crippen LogP contribution in [0.5, 0.6) is 0 Å². The van der Waals surface area contributed by atoms with Crippen molar-refractivity contribution in [1.82, 2.24) is 20.3 Å². The SMILES string of the molecule is CCc1cccc2c(CCNCc3ncc[nH]3)c[nH]c12. The Balaban J connectivity index is 1.63. The van der Waals surface area contributed by atoms with E-state index in [1.807, 2.05) is 6.20 Å². The van der Waals surface area contributed by atoms with Crippen molar-refractivity contribution in [2.45, 2.75) is 26.3 Å². The molecule has 1 aromatic carbocycles. The minimum Gasteiger partial charge on any atom is -0.361 e. The highest BCUT2D eigenvalue weighted by molar-refractivity contribution is 5.86. The Labute approximate surface area is 118 Å². The van der Waals surface area contributed by atoms with Crippen LogP contribution >= 0.6 is 0 Å². The molecular formula is C16H20N4. The average Bonchev–Trinajstić information content (AvgIpc) is 3.13. The molecule has 20 heavy (non-hydrogen) atoms. The topological polar surface area (TPSA) is 56.5 Å². The van der Waals surface area contributed by atoms with Gasteiger partial charge in [0.15, 0.2) is 0 Å². The Kier molecular flexibility index (Phi) is 3.83. The van der Waals surface area contributed by atoms with Crippen molar-refractivity contribution in [3.05, 3.63) is 53.7 Å². The molecule has 0 aliphatic heterocycles. The second-order valence-electron chi connectivity index (χ2n) is 4.97. The molecule has 4 nitrogen and oxygen atoms in total. The number of hydrogen-bond acceptors (Lipinski definition) is 2. The van der Waals surface area contributed by atoms with Crippen molar-refractivity contribution in [1.29, 1.82) is 0 Å². The lowest BCUT2D eigenvalue weighted by Crippen LogP contribution is -2.17. The molecule has 104 valence electrons. The summed E-state index contributed by atoms with van der Waals surface area (Å²) in [7, 11) is 0. The molecule has 0 aliphatic rings. The molecule has 0 atom stereocenters. The molecule has 3 N–H and O–H groups in total. The Morgan fingerprint density at radius 3 is 2.95 bits per heavy atom. The van der Waals surface area contributed by atoms with Crippen LogP contribution in [0.3, 0.4) is 0 Å². The summed E-state index contributed by atoms with van der Waals surface area (Å²) < 4.78 is 0. The fourth-order valence-corrected chi connectivity index (χ4v) is 2.60. The maximum atomic E-state index is 4.20. The fourth-order valence-electron chi connectivity index (χ4n) is 2.60. The molecule has 0 saturated heterocycles. The number of rotatable bonds is 6.